The molecule has 0 aromatic carbocycles. The van der Waals surface area contributed by atoms with Gasteiger partial charge in [-0.2, -0.15) is 5.10 Å². The molecule has 1 aliphatic heterocycles. The molecular weight excluding hydrogens is 217 g/mol. The maximum atomic E-state index is 14.0. The first kappa shape index (κ1) is 12.3. The molecule has 0 saturated carbocycles. The lowest BCUT2D eigenvalue weighted by atomic mass is 9.85. The van der Waals surface area contributed by atoms with E-state index < -0.39 is 6.17 Å². The summed E-state index contributed by atoms with van der Waals surface area (Å²) < 4.78 is 14.0. The fourth-order valence-electron chi connectivity index (χ4n) is 2.44. The second-order valence-corrected chi connectivity index (χ2v) is 5.19. The predicted octanol–water partition coefficient (Wildman–Crippen LogP) is 2.61. The number of aryl methyl sites for hydroxylation is 1. The van der Waals surface area contributed by atoms with Gasteiger partial charge in [0.25, 0.3) is 0 Å². The molecule has 2 atom stereocenters. The Morgan fingerprint density at radius 1 is 1.35 bits per heavy atom. The van der Waals surface area contributed by atoms with Crippen molar-refractivity contribution in [1.82, 2.24) is 10.2 Å². The van der Waals surface area contributed by atoms with Gasteiger partial charge in [0, 0.05) is 6.54 Å². The Morgan fingerprint density at radius 3 is 2.65 bits per heavy atom. The second kappa shape index (κ2) is 4.98. The van der Waals surface area contributed by atoms with Gasteiger partial charge in [-0.15, -0.1) is 5.10 Å². The number of anilines is 1. The van der Waals surface area contributed by atoms with Crippen molar-refractivity contribution in [3.8, 4) is 0 Å². The van der Waals surface area contributed by atoms with Crippen LogP contribution in [0, 0.1) is 18.8 Å². The van der Waals surface area contributed by atoms with Gasteiger partial charge in [-0.3, -0.25) is 0 Å². The van der Waals surface area contributed by atoms with Crippen LogP contribution in [0.1, 0.15) is 26.0 Å². The standard InChI is InChI=1S/C13H20FN3/c1-9(2)11-6-7-17(8-12(11)14)13-5-4-10(3)15-16-13/h4-5,9,11-12H,6-8H2,1-3H3/t11-,12-/m0/s1. The summed E-state index contributed by atoms with van der Waals surface area (Å²) in [6.07, 6.45) is 0.140. The summed E-state index contributed by atoms with van der Waals surface area (Å²) >= 11 is 0. The zero-order valence-corrected chi connectivity index (χ0v) is 10.7. The van der Waals surface area contributed by atoms with Crippen LogP contribution in [0.5, 0.6) is 0 Å². The van der Waals surface area contributed by atoms with Gasteiger partial charge in [-0.1, -0.05) is 13.8 Å². The predicted molar refractivity (Wildman–Crippen MR) is 66.8 cm³/mol. The number of hydrogen-bond donors (Lipinski definition) is 0. The maximum absolute atomic E-state index is 14.0. The topological polar surface area (TPSA) is 29.0 Å². The first-order chi connectivity index (χ1) is 8.08. The zero-order chi connectivity index (χ0) is 12.4. The van der Waals surface area contributed by atoms with Gasteiger partial charge in [0.2, 0.25) is 0 Å². The molecule has 1 aromatic rings. The van der Waals surface area contributed by atoms with Crippen molar-refractivity contribution in [1.29, 1.82) is 0 Å². The highest BCUT2D eigenvalue weighted by Gasteiger charge is 2.31. The van der Waals surface area contributed by atoms with Crippen LogP contribution in [0.2, 0.25) is 0 Å². The minimum atomic E-state index is -0.758. The van der Waals surface area contributed by atoms with Crippen LogP contribution in [0.25, 0.3) is 0 Å². The molecule has 2 rings (SSSR count). The van der Waals surface area contributed by atoms with Crippen molar-refractivity contribution in [2.75, 3.05) is 18.0 Å². The van der Waals surface area contributed by atoms with Crippen molar-refractivity contribution < 1.29 is 4.39 Å². The van der Waals surface area contributed by atoms with E-state index in [1.54, 1.807) is 0 Å². The average molecular weight is 237 g/mol. The molecule has 1 aromatic heterocycles. The van der Waals surface area contributed by atoms with E-state index in [4.69, 9.17) is 0 Å². The highest BCUT2D eigenvalue weighted by molar-refractivity contribution is 5.38. The molecule has 0 bridgehead atoms. The number of hydrogen-bond acceptors (Lipinski definition) is 3. The first-order valence-corrected chi connectivity index (χ1v) is 6.27. The molecule has 94 valence electrons. The van der Waals surface area contributed by atoms with Crippen LogP contribution in [-0.4, -0.2) is 29.5 Å². The molecule has 0 amide bonds. The normalized spacial score (nSPS) is 25.4. The Hall–Kier alpha value is -1.19. The molecule has 3 nitrogen and oxygen atoms in total. The second-order valence-electron chi connectivity index (χ2n) is 5.19. The van der Waals surface area contributed by atoms with Crippen LogP contribution in [-0.2, 0) is 0 Å². The molecule has 0 N–H and O–H groups in total. The minimum Gasteiger partial charge on any atom is -0.352 e. The third kappa shape index (κ3) is 2.73. The lowest BCUT2D eigenvalue weighted by molar-refractivity contribution is 0.153. The fraction of sp³-hybridized carbons (Fsp3) is 0.692. The summed E-state index contributed by atoms with van der Waals surface area (Å²) in [4.78, 5) is 2.00. The molecule has 1 fully saturated rings. The molecular formula is C13H20FN3. The van der Waals surface area contributed by atoms with E-state index >= 15 is 0 Å². The first-order valence-electron chi connectivity index (χ1n) is 6.27. The van der Waals surface area contributed by atoms with Gasteiger partial charge in [-0.05, 0) is 37.3 Å². The Balaban J connectivity index is 2.04. The van der Waals surface area contributed by atoms with Gasteiger partial charge in [-0.25, -0.2) is 4.39 Å². The monoisotopic (exact) mass is 237 g/mol. The molecule has 0 spiro atoms. The van der Waals surface area contributed by atoms with Crippen LogP contribution in [0.15, 0.2) is 12.1 Å². The van der Waals surface area contributed by atoms with Crippen molar-refractivity contribution in [2.45, 2.75) is 33.4 Å². The lowest BCUT2D eigenvalue weighted by Gasteiger charge is -2.36. The summed E-state index contributed by atoms with van der Waals surface area (Å²) in [5, 5.41) is 8.13. The van der Waals surface area contributed by atoms with Crippen LogP contribution in [0.3, 0.4) is 0 Å². The van der Waals surface area contributed by atoms with Crippen LogP contribution >= 0.6 is 0 Å². The van der Waals surface area contributed by atoms with E-state index in [2.05, 4.69) is 24.0 Å². The summed E-state index contributed by atoms with van der Waals surface area (Å²) in [7, 11) is 0. The smallest absolute Gasteiger partial charge is 0.151 e. The van der Waals surface area contributed by atoms with Gasteiger partial charge in [0.05, 0.1) is 12.2 Å². The van der Waals surface area contributed by atoms with Gasteiger partial charge in [0.1, 0.15) is 6.17 Å². The largest absolute Gasteiger partial charge is 0.352 e. The number of aromatic nitrogens is 2. The van der Waals surface area contributed by atoms with Crippen molar-refractivity contribution >= 4 is 5.82 Å². The zero-order valence-electron chi connectivity index (χ0n) is 10.7. The number of halogens is 1. The molecule has 1 aliphatic rings. The highest BCUT2D eigenvalue weighted by atomic mass is 19.1. The lowest BCUT2D eigenvalue weighted by Crippen LogP contribution is -2.44. The molecule has 0 aliphatic carbocycles. The highest BCUT2D eigenvalue weighted by Crippen LogP contribution is 2.29. The Morgan fingerprint density at radius 2 is 2.12 bits per heavy atom. The summed E-state index contributed by atoms with van der Waals surface area (Å²) in [6, 6.07) is 3.84. The number of nitrogens with zero attached hydrogens (tertiary/aromatic N) is 3. The Bertz CT molecular complexity index is 363. The fourth-order valence-corrected chi connectivity index (χ4v) is 2.44. The quantitative estimate of drug-likeness (QED) is 0.791. The average Bonchev–Trinajstić information content (AvgIpc) is 2.29. The van der Waals surface area contributed by atoms with Gasteiger partial charge >= 0.3 is 0 Å². The molecule has 17 heavy (non-hydrogen) atoms. The Labute approximate surface area is 102 Å². The van der Waals surface area contributed by atoms with Gasteiger partial charge < -0.3 is 4.90 Å². The molecule has 4 heteroatoms. The number of alkyl halides is 1. The van der Waals surface area contributed by atoms with E-state index in [-0.39, 0.29) is 5.92 Å². The summed E-state index contributed by atoms with van der Waals surface area (Å²) in [6.45, 7) is 7.42. The summed E-state index contributed by atoms with van der Waals surface area (Å²) in [5.74, 6) is 1.39. The van der Waals surface area contributed by atoms with Crippen molar-refractivity contribution in [3.05, 3.63) is 17.8 Å². The van der Waals surface area contributed by atoms with E-state index in [0.717, 1.165) is 24.5 Å². The molecule has 0 unspecified atom stereocenters. The van der Waals surface area contributed by atoms with E-state index in [1.807, 2.05) is 24.0 Å². The number of rotatable bonds is 2. The molecule has 0 radical (unpaired) electrons. The Kier molecular flexibility index (Phi) is 3.60. The van der Waals surface area contributed by atoms with Crippen LogP contribution in [0.4, 0.5) is 10.2 Å². The minimum absolute atomic E-state index is 0.185. The maximum Gasteiger partial charge on any atom is 0.151 e. The van der Waals surface area contributed by atoms with Crippen molar-refractivity contribution in [3.63, 3.8) is 0 Å². The SMILES string of the molecule is Cc1ccc(N2CC[C@@H](C(C)C)[C@@H](F)C2)nn1. The van der Waals surface area contributed by atoms with Gasteiger partial charge in [0.15, 0.2) is 5.82 Å². The van der Waals surface area contributed by atoms with E-state index in [1.165, 1.54) is 0 Å². The van der Waals surface area contributed by atoms with E-state index in [0.29, 0.717) is 12.5 Å². The molecule has 1 saturated heterocycles. The van der Waals surface area contributed by atoms with Crippen molar-refractivity contribution in [2.24, 2.45) is 11.8 Å². The number of piperidine rings is 1. The third-order valence-corrected chi connectivity index (χ3v) is 3.56. The summed E-state index contributed by atoms with van der Waals surface area (Å²) in [5.41, 5.74) is 0.891. The van der Waals surface area contributed by atoms with Crippen LogP contribution < -0.4 is 4.90 Å². The van der Waals surface area contributed by atoms with E-state index in [9.17, 15) is 4.39 Å². The third-order valence-electron chi connectivity index (χ3n) is 3.56. The molecule has 2 heterocycles.